The summed E-state index contributed by atoms with van der Waals surface area (Å²) in [6.07, 6.45) is 0.211. The average molecular weight is 398 g/mol. The van der Waals surface area contributed by atoms with Crippen molar-refractivity contribution >= 4 is 31.9 Å². The van der Waals surface area contributed by atoms with Crippen LogP contribution in [-0.4, -0.2) is 11.7 Å². The van der Waals surface area contributed by atoms with Gasteiger partial charge in [0.1, 0.15) is 11.9 Å². The molecule has 1 atom stereocenters. The number of aryl methyl sites for hydroxylation is 1. The summed E-state index contributed by atoms with van der Waals surface area (Å²) in [7, 11) is 0. The van der Waals surface area contributed by atoms with E-state index in [0.717, 1.165) is 43.4 Å². The van der Waals surface area contributed by atoms with Gasteiger partial charge in [0.25, 0.3) is 0 Å². The van der Waals surface area contributed by atoms with Gasteiger partial charge in [-0.25, -0.2) is 0 Å². The smallest absolute Gasteiger partial charge is 0.128 e. The van der Waals surface area contributed by atoms with E-state index in [9.17, 15) is 5.11 Å². The molecule has 1 aliphatic rings. The van der Waals surface area contributed by atoms with Crippen molar-refractivity contribution in [1.82, 2.24) is 0 Å². The van der Waals surface area contributed by atoms with Crippen molar-refractivity contribution in [2.75, 3.05) is 6.61 Å². The molecule has 0 radical (unpaired) electrons. The highest BCUT2D eigenvalue weighted by atomic mass is 79.9. The van der Waals surface area contributed by atoms with Gasteiger partial charge in [0.2, 0.25) is 0 Å². The fourth-order valence-electron chi connectivity index (χ4n) is 2.57. The molecule has 0 aromatic heterocycles. The van der Waals surface area contributed by atoms with Gasteiger partial charge in [0.05, 0.1) is 6.61 Å². The molecule has 0 saturated carbocycles. The molecular weight excluding hydrogens is 384 g/mol. The summed E-state index contributed by atoms with van der Waals surface area (Å²) < 4.78 is 7.64. The van der Waals surface area contributed by atoms with Crippen LogP contribution in [0.3, 0.4) is 0 Å². The number of fused-ring (bicyclic) bond motifs is 1. The van der Waals surface area contributed by atoms with Crippen molar-refractivity contribution in [3.05, 3.63) is 61.5 Å². The maximum atomic E-state index is 10.8. The van der Waals surface area contributed by atoms with E-state index in [1.807, 2.05) is 31.2 Å². The number of aliphatic hydroxyl groups excluding tert-OH is 1. The van der Waals surface area contributed by atoms with Gasteiger partial charge in [-0.15, -0.1) is 0 Å². The van der Waals surface area contributed by atoms with E-state index < -0.39 is 6.10 Å². The molecule has 0 saturated heterocycles. The molecule has 4 heteroatoms. The molecule has 2 aromatic rings. The van der Waals surface area contributed by atoms with E-state index in [1.165, 1.54) is 0 Å². The van der Waals surface area contributed by atoms with E-state index in [1.54, 1.807) is 0 Å². The van der Waals surface area contributed by atoms with Crippen LogP contribution in [0.5, 0.6) is 5.75 Å². The zero-order valence-corrected chi connectivity index (χ0v) is 14.2. The minimum atomic E-state index is -0.683. The van der Waals surface area contributed by atoms with Gasteiger partial charge in [0, 0.05) is 20.9 Å². The van der Waals surface area contributed by atoms with Crippen molar-refractivity contribution in [2.45, 2.75) is 19.4 Å². The lowest BCUT2D eigenvalue weighted by atomic mass is 9.95. The molecule has 3 rings (SSSR count). The first-order chi connectivity index (χ1) is 9.56. The number of hydrogen-bond acceptors (Lipinski definition) is 2. The van der Waals surface area contributed by atoms with Gasteiger partial charge >= 0.3 is 0 Å². The first-order valence-electron chi connectivity index (χ1n) is 6.45. The van der Waals surface area contributed by atoms with Crippen molar-refractivity contribution < 1.29 is 9.84 Å². The molecule has 104 valence electrons. The van der Waals surface area contributed by atoms with Crippen LogP contribution >= 0.6 is 31.9 Å². The Morgan fingerprint density at radius 1 is 1.10 bits per heavy atom. The van der Waals surface area contributed by atoms with Crippen LogP contribution in [-0.2, 0) is 6.42 Å². The number of ether oxygens (including phenoxy) is 1. The lowest BCUT2D eigenvalue weighted by Gasteiger charge is -2.18. The Bertz CT molecular complexity index is 668. The van der Waals surface area contributed by atoms with Crippen LogP contribution in [0.2, 0.25) is 0 Å². The van der Waals surface area contributed by atoms with Gasteiger partial charge in [-0.2, -0.15) is 0 Å². The highest BCUT2D eigenvalue weighted by Gasteiger charge is 2.24. The predicted octanol–water partition coefficient (Wildman–Crippen LogP) is 4.54. The Labute approximate surface area is 135 Å². The zero-order valence-electron chi connectivity index (χ0n) is 11.0. The van der Waals surface area contributed by atoms with E-state index in [2.05, 4.69) is 37.9 Å². The molecule has 0 aliphatic carbocycles. The second-order valence-corrected chi connectivity index (χ2v) is 6.82. The number of aliphatic hydroxyl groups is 1. The topological polar surface area (TPSA) is 29.5 Å². The Morgan fingerprint density at radius 3 is 2.65 bits per heavy atom. The van der Waals surface area contributed by atoms with Crippen LogP contribution < -0.4 is 4.74 Å². The molecule has 20 heavy (non-hydrogen) atoms. The Morgan fingerprint density at radius 2 is 1.85 bits per heavy atom. The zero-order chi connectivity index (χ0) is 14.3. The maximum absolute atomic E-state index is 10.8. The van der Waals surface area contributed by atoms with Crippen LogP contribution in [0, 0.1) is 6.92 Å². The lowest BCUT2D eigenvalue weighted by molar-refractivity contribution is 0.213. The SMILES string of the molecule is Cc1ccc(Br)cc1C(O)c1cc(Br)cc2c1OCC2. The van der Waals surface area contributed by atoms with Crippen LogP contribution in [0.25, 0.3) is 0 Å². The summed E-state index contributed by atoms with van der Waals surface area (Å²) in [6.45, 7) is 2.69. The minimum absolute atomic E-state index is 0.683. The van der Waals surface area contributed by atoms with Gasteiger partial charge in [-0.3, -0.25) is 0 Å². The molecule has 0 amide bonds. The first-order valence-corrected chi connectivity index (χ1v) is 8.04. The second kappa shape index (κ2) is 5.51. The van der Waals surface area contributed by atoms with Crippen LogP contribution in [0.4, 0.5) is 0 Å². The van der Waals surface area contributed by atoms with Crippen molar-refractivity contribution in [1.29, 1.82) is 0 Å². The summed E-state index contributed by atoms with van der Waals surface area (Å²) in [4.78, 5) is 0. The largest absolute Gasteiger partial charge is 0.493 e. The fraction of sp³-hybridized carbons (Fsp3) is 0.250. The number of rotatable bonds is 2. The Balaban J connectivity index is 2.11. The first kappa shape index (κ1) is 14.1. The lowest BCUT2D eigenvalue weighted by Crippen LogP contribution is -2.04. The van der Waals surface area contributed by atoms with E-state index >= 15 is 0 Å². The number of benzene rings is 2. The predicted molar refractivity (Wildman–Crippen MR) is 86.3 cm³/mol. The third-order valence-corrected chi connectivity index (χ3v) is 4.56. The van der Waals surface area contributed by atoms with Crippen molar-refractivity contribution in [3.8, 4) is 5.75 Å². The van der Waals surface area contributed by atoms with Gasteiger partial charge in [0.15, 0.2) is 0 Å². The summed E-state index contributed by atoms with van der Waals surface area (Å²) in [5, 5.41) is 10.8. The quantitative estimate of drug-likeness (QED) is 0.806. The molecule has 1 unspecified atom stereocenters. The number of halogens is 2. The summed E-state index contributed by atoms with van der Waals surface area (Å²) >= 11 is 6.98. The molecule has 0 fully saturated rings. The standard InChI is InChI=1S/C16H14Br2O2/c1-9-2-3-11(17)7-13(9)15(19)14-8-12(18)6-10-4-5-20-16(10)14/h2-3,6-8,15,19H,4-5H2,1H3. The van der Waals surface area contributed by atoms with Crippen LogP contribution in [0.1, 0.15) is 28.4 Å². The van der Waals surface area contributed by atoms with Crippen LogP contribution in [0.15, 0.2) is 39.3 Å². The van der Waals surface area contributed by atoms with E-state index in [0.29, 0.717) is 6.61 Å². The molecule has 0 bridgehead atoms. The Hall–Kier alpha value is -0.840. The highest BCUT2D eigenvalue weighted by molar-refractivity contribution is 9.10. The molecule has 0 spiro atoms. The molecule has 1 heterocycles. The molecule has 1 N–H and O–H groups in total. The highest BCUT2D eigenvalue weighted by Crippen LogP contribution is 2.39. The van der Waals surface area contributed by atoms with Crippen molar-refractivity contribution in [3.63, 3.8) is 0 Å². The van der Waals surface area contributed by atoms with E-state index in [4.69, 9.17) is 4.74 Å². The molecule has 2 nitrogen and oxygen atoms in total. The normalized spacial score (nSPS) is 14.8. The van der Waals surface area contributed by atoms with Crippen molar-refractivity contribution in [2.24, 2.45) is 0 Å². The van der Waals surface area contributed by atoms with E-state index in [-0.39, 0.29) is 0 Å². The second-order valence-electron chi connectivity index (χ2n) is 4.99. The molecule has 2 aromatic carbocycles. The van der Waals surface area contributed by atoms with Gasteiger partial charge in [-0.1, -0.05) is 37.9 Å². The maximum Gasteiger partial charge on any atom is 0.128 e. The minimum Gasteiger partial charge on any atom is -0.493 e. The molecule has 1 aliphatic heterocycles. The monoisotopic (exact) mass is 396 g/mol. The summed E-state index contributed by atoms with van der Waals surface area (Å²) in [5.74, 6) is 0.833. The third kappa shape index (κ3) is 2.52. The molecular formula is C16H14Br2O2. The average Bonchev–Trinajstić information content (AvgIpc) is 2.87. The van der Waals surface area contributed by atoms with Gasteiger partial charge in [-0.05, 0) is 47.9 Å². The fourth-order valence-corrected chi connectivity index (χ4v) is 3.48. The summed E-state index contributed by atoms with van der Waals surface area (Å²) in [5.41, 5.74) is 3.94. The number of hydrogen-bond donors (Lipinski definition) is 1. The third-order valence-electron chi connectivity index (χ3n) is 3.61. The van der Waals surface area contributed by atoms with Gasteiger partial charge < -0.3 is 9.84 Å². The Kier molecular flexibility index (Phi) is 3.89. The summed E-state index contributed by atoms with van der Waals surface area (Å²) in [6, 6.07) is 9.94.